The third-order valence-electron chi connectivity index (χ3n) is 10.5. The molecule has 2 bridgehead atoms. The topological polar surface area (TPSA) is 122 Å². The number of aryl methyl sites for hydroxylation is 1. The summed E-state index contributed by atoms with van der Waals surface area (Å²) in [5.41, 5.74) is 3.04. The monoisotopic (exact) mass is 684 g/mol. The van der Waals surface area contributed by atoms with Crippen molar-refractivity contribution in [3.05, 3.63) is 70.3 Å². The summed E-state index contributed by atoms with van der Waals surface area (Å²) in [5.74, 6) is -1.06. The van der Waals surface area contributed by atoms with E-state index in [9.17, 15) is 23.1 Å². The number of benzene rings is 2. The molecule has 6 rings (SSSR count). The number of amides is 1. The van der Waals surface area contributed by atoms with Gasteiger partial charge in [0.25, 0.3) is 5.91 Å². The lowest BCUT2D eigenvalue weighted by Gasteiger charge is -2.45. The number of hydrogen-bond acceptors (Lipinski definition) is 8. The zero-order chi connectivity index (χ0) is 33.5. The molecule has 1 spiro atoms. The van der Waals surface area contributed by atoms with Crippen molar-refractivity contribution in [1.29, 1.82) is 0 Å². The van der Waals surface area contributed by atoms with Gasteiger partial charge in [0, 0.05) is 29.1 Å². The van der Waals surface area contributed by atoms with Gasteiger partial charge in [0.15, 0.2) is 0 Å². The first-order valence-electron chi connectivity index (χ1n) is 16.8. The van der Waals surface area contributed by atoms with Gasteiger partial charge in [0.05, 0.1) is 36.2 Å². The maximum atomic E-state index is 13.7. The number of allylic oxidation sites excluding steroid dienone is 1. The van der Waals surface area contributed by atoms with Crippen molar-refractivity contribution in [3.63, 3.8) is 0 Å². The molecule has 2 aromatic carbocycles. The van der Waals surface area contributed by atoms with Crippen LogP contribution in [0.3, 0.4) is 0 Å². The number of anilines is 1. The minimum absolute atomic E-state index is 0.0440. The van der Waals surface area contributed by atoms with E-state index in [4.69, 9.17) is 21.1 Å². The number of aliphatic hydroxyl groups is 1. The molecule has 2 aliphatic heterocycles. The van der Waals surface area contributed by atoms with E-state index < -0.39 is 51.7 Å². The number of ether oxygens (including phenoxy) is 2. The highest BCUT2D eigenvalue weighted by Gasteiger charge is 2.44. The normalized spacial score (nSPS) is 31.0. The second-order valence-electron chi connectivity index (χ2n) is 14.2. The van der Waals surface area contributed by atoms with Crippen LogP contribution in [0.4, 0.5) is 5.69 Å². The third kappa shape index (κ3) is 7.06. The predicted octanol–water partition coefficient (Wildman–Crippen LogP) is 5.57. The van der Waals surface area contributed by atoms with Gasteiger partial charge in [-0.1, -0.05) is 36.7 Å². The van der Waals surface area contributed by atoms with Crippen molar-refractivity contribution in [2.45, 2.75) is 88.6 Å². The van der Waals surface area contributed by atoms with E-state index in [2.05, 4.69) is 15.7 Å². The number of nitrogens with zero attached hydrogens (tertiary/aromatic N) is 1. The number of aliphatic hydroxyl groups excluding tert-OH is 1. The van der Waals surface area contributed by atoms with Crippen LogP contribution in [0, 0.1) is 17.8 Å². The Morgan fingerprint density at radius 1 is 1.21 bits per heavy atom. The number of fused-ring (bicyclic) bond motifs is 4. The summed E-state index contributed by atoms with van der Waals surface area (Å²) in [6, 6.07) is 11.1. The summed E-state index contributed by atoms with van der Waals surface area (Å²) in [6.07, 6.45) is 7.09. The lowest BCUT2D eigenvalue weighted by molar-refractivity contribution is -0.147. The molecule has 9 nitrogen and oxygen atoms in total. The van der Waals surface area contributed by atoms with Gasteiger partial charge in [0.1, 0.15) is 5.75 Å². The number of halogens is 1. The summed E-state index contributed by atoms with van der Waals surface area (Å²) in [6.45, 7) is 6.89. The third-order valence-corrected chi connectivity index (χ3v) is 12.6. The maximum Gasteiger partial charge on any atom is 0.307 e. The smallest absolute Gasteiger partial charge is 0.307 e. The Balaban J connectivity index is 1.39. The highest BCUT2D eigenvalue weighted by Crippen LogP contribution is 2.46. The summed E-state index contributed by atoms with van der Waals surface area (Å²) in [4.78, 5) is 28.6. The van der Waals surface area contributed by atoms with Gasteiger partial charge in [-0.25, -0.2) is 13.1 Å². The number of nitrogens with one attached hydrogen (secondary N) is 1. The van der Waals surface area contributed by atoms with Gasteiger partial charge in [-0.3, -0.25) is 9.59 Å². The Morgan fingerprint density at radius 3 is 2.77 bits per heavy atom. The minimum atomic E-state index is -4.30. The molecule has 1 saturated carbocycles. The number of esters is 1. The van der Waals surface area contributed by atoms with E-state index in [0.717, 1.165) is 37.8 Å². The van der Waals surface area contributed by atoms with Crippen molar-refractivity contribution in [2.75, 3.05) is 24.6 Å². The SMILES string of the molecule is CC(C)OC(=O)C[C@H]1[C@H](C)C/C=C/[C@H](O)[C@@H]2CC[C@H]2CN2C[C@@]3(CCCc4cc(Cl)ccc43)COc3ccc(cc32)C(=O)NS1(=O)=O. The molecule has 2 N–H and O–H groups in total. The highest BCUT2D eigenvalue weighted by atomic mass is 35.5. The lowest BCUT2D eigenvalue weighted by atomic mass is 9.68. The van der Waals surface area contributed by atoms with Crippen LogP contribution in [0.5, 0.6) is 5.75 Å². The molecule has 0 radical (unpaired) electrons. The van der Waals surface area contributed by atoms with Gasteiger partial charge < -0.3 is 19.5 Å². The Hall–Kier alpha value is -3.08. The molecule has 0 unspecified atom stereocenters. The van der Waals surface area contributed by atoms with Crippen molar-refractivity contribution >= 4 is 39.2 Å². The Morgan fingerprint density at radius 2 is 2.02 bits per heavy atom. The summed E-state index contributed by atoms with van der Waals surface area (Å²) in [7, 11) is -4.30. The Labute approximate surface area is 282 Å². The molecular weight excluding hydrogens is 640 g/mol. The largest absolute Gasteiger partial charge is 0.490 e. The number of carbonyl (C=O) groups excluding carboxylic acids is 2. The van der Waals surface area contributed by atoms with E-state index >= 15 is 0 Å². The summed E-state index contributed by atoms with van der Waals surface area (Å²) < 4.78 is 41.6. The zero-order valence-corrected chi connectivity index (χ0v) is 28.9. The molecule has 2 aliphatic carbocycles. The highest BCUT2D eigenvalue weighted by molar-refractivity contribution is 7.90. The average Bonchev–Trinajstić information content (AvgIpc) is 3.13. The number of sulfonamides is 1. The molecule has 2 heterocycles. The van der Waals surface area contributed by atoms with Crippen LogP contribution < -0.4 is 14.4 Å². The quantitative estimate of drug-likeness (QED) is 0.318. The van der Waals surface area contributed by atoms with Crippen LogP contribution in [0.2, 0.25) is 5.02 Å². The van der Waals surface area contributed by atoms with Crippen molar-refractivity contribution in [3.8, 4) is 5.75 Å². The molecule has 2 aromatic rings. The van der Waals surface area contributed by atoms with Crippen molar-refractivity contribution < 1.29 is 32.6 Å². The Kier molecular flexibility index (Phi) is 9.67. The molecule has 254 valence electrons. The van der Waals surface area contributed by atoms with E-state index in [0.29, 0.717) is 36.9 Å². The van der Waals surface area contributed by atoms with E-state index in [-0.39, 0.29) is 22.8 Å². The summed E-state index contributed by atoms with van der Waals surface area (Å²) >= 11 is 6.40. The second-order valence-corrected chi connectivity index (χ2v) is 16.5. The van der Waals surface area contributed by atoms with Crippen LogP contribution in [-0.4, -0.2) is 62.6 Å². The van der Waals surface area contributed by atoms with Crippen LogP contribution in [0.1, 0.15) is 80.8 Å². The molecule has 1 amide bonds. The molecule has 11 heteroatoms. The van der Waals surface area contributed by atoms with Crippen LogP contribution >= 0.6 is 11.6 Å². The van der Waals surface area contributed by atoms with Crippen LogP contribution in [0.25, 0.3) is 0 Å². The summed E-state index contributed by atoms with van der Waals surface area (Å²) in [5, 5.41) is 10.8. The number of hydrogen-bond donors (Lipinski definition) is 2. The molecule has 1 fully saturated rings. The van der Waals surface area contributed by atoms with E-state index in [1.165, 1.54) is 11.1 Å². The van der Waals surface area contributed by atoms with E-state index in [1.807, 2.05) is 12.1 Å². The van der Waals surface area contributed by atoms with Gasteiger partial charge in [-0.2, -0.15) is 0 Å². The first-order chi connectivity index (χ1) is 22.3. The number of carbonyl (C=O) groups is 2. The number of rotatable bonds is 3. The standard InChI is InChI=1S/C36H45ClN2O7S/c1-22(2)46-34(41)18-33-23(3)6-4-8-31(40)28-12-9-26(28)19-39-20-36(15-5-7-24-16-27(37)11-13-29(24)36)21-45-32-14-10-25(17-30(32)39)35(42)38-47(33,43)44/h4,8,10-11,13-14,16-17,22-23,26,28,31,33,40H,5-7,9,12,15,18-21H2,1-3H3,(H,38,42)/b8-4+/t23-,26+,28-,31+,33+,36+/m1/s1. The average molecular weight is 685 g/mol. The van der Waals surface area contributed by atoms with Crippen LogP contribution in [-0.2, 0) is 31.4 Å². The fourth-order valence-electron chi connectivity index (χ4n) is 7.89. The molecule has 47 heavy (non-hydrogen) atoms. The van der Waals surface area contributed by atoms with Crippen molar-refractivity contribution in [1.82, 2.24) is 4.72 Å². The van der Waals surface area contributed by atoms with Crippen LogP contribution in [0.15, 0.2) is 48.6 Å². The van der Waals surface area contributed by atoms with Gasteiger partial charge in [0.2, 0.25) is 10.0 Å². The van der Waals surface area contributed by atoms with Gasteiger partial charge in [-0.15, -0.1) is 0 Å². The molecule has 0 aromatic heterocycles. The molecule has 6 atom stereocenters. The van der Waals surface area contributed by atoms with Gasteiger partial charge in [-0.05, 0) is 112 Å². The fraction of sp³-hybridized carbons (Fsp3) is 0.556. The molecule has 0 saturated heterocycles. The lowest BCUT2D eigenvalue weighted by Crippen LogP contribution is -2.49. The molecular formula is C36H45ClN2O7S. The predicted molar refractivity (Wildman–Crippen MR) is 181 cm³/mol. The fourth-order valence-corrected chi connectivity index (χ4v) is 9.69. The Bertz CT molecular complexity index is 1660. The second kappa shape index (κ2) is 13.4. The molecule has 4 aliphatic rings. The maximum absolute atomic E-state index is 13.7. The minimum Gasteiger partial charge on any atom is -0.490 e. The zero-order valence-electron chi connectivity index (χ0n) is 27.3. The van der Waals surface area contributed by atoms with E-state index in [1.54, 1.807) is 51.1 Å². The first-order valence-corrected chi connectivity index (χ1v) is 18.7. The van der Waals surface area contributed by atoms with Gasteiger partial charge >= 0.3 is 5.97 Å². The first kappa shape index (κ1) is 33.8. The van der Waals surface area contributed by atoms with Crippen molar-refractivity contribution in [2.24, 2.45) is 17.8 Å².